The summed E-state index contributed by atoms with van der Waals surface area (Å²) in [5, 5.41) is 14.8. The third kappa shape index (κ3) is 4.71. The zero-order valence-electron chi connectivity index (χ0n) is 9.96. The Morgan fingerprint density at radius 2 is 2.00 bits per heavy atom. The number of hydrogen-bond donors (Lipinski definition) is 3. The quantitative estimate of drug-likeness (QED) is 0.210. The Morgan fingerprint density at radius 3 is 2.40 bits per heavy atom. The third-order valence-corrected chi connectivity index (χ3v) is 2.48. The van der Waals surface area contributed by atoms with Crippen molar-refractivity contribution in [3.8, 4) is 12.3 Å². The monoisotopic (exact) mass is 211 g/mol. The Labute approximate surface area is 91.9 Å². The van der Waals surface area contributed by atoms with Gasteiger partial charge in [-0.1, -0.05) is 24.9 Å². The van der Waals surface area contributed by atoms with Crippen LogP contribution < -0.4 is 11.1 Å². The van der Waals surface area contributed by atoms with Crippen molar-refractivity contribution in [2.75, 3.05) is 6.54 Å². The van der Waals surface area contributed by atoms with Crippen molar-refractivity contribution in [1.29, 1.82) is 0 Å². The van der Waals surface area contributed by atoms with Crippen LogP contribution in [-0.2, 0) is 0 Å². The maximum atomic E-state index is 8.59. The molecule has 4 nitrogen and oxygen atoms in total. The fourth-order valence-corrected chi connectivity index (χ4v) is 1.00. The number of amidine groups is 1. The molecule has 0 radical (unpaired) electrons. The lowest BCUT2D eigenvalue weighted by atomic mass is 9.88. The SMILES string of the molecule is C#CC(C)(C)NCCC(C)(C)C(N)=NO. The summed E-state index contributed by atoms with van der Waals surface area (Å²) in [6, 6.07) is 0. The smallest absolute Gasteiger partial charge is 0.144 e. The maximum absolute atomic E-state index is 8.59. The standard InChI is InChI=1S/C11H21N3O/c1-6-11(4,5)13-8-7-10(2,3)9(12)14-15/h1,13,15H,7-8H2,2-5H3,(H2,12,14). The Bertz CT molecular complexity index is 274. The van der Waals surface area contributed by atoms with Crippen molar-refractivity contribution in [1.82, 2.24) is 5.32 Å². The van der Waals surface area contributed by atoms with E-state index in [4.69, 9.17) is 17.4 Å². The molecule has 0 aromatic rings. The van der Waals surface area contributed by atoms with Gasteiger partial charge in [0.2, 0.25) is 0 Å². The van der Waals surface area contributed by atoms with Gasteiger partial charge < -0.3 is 16.3 Å². The third-order valence-electron chi connectivity index (χ3n) is 2.48. The van der Waals surface area contributed by atoms with Gasteiger partial charge in [-0.05, 0) is 26.8 Å². The predicted molar refractivity (Wildman–Crippen MR) is 62.7 cm³/mol. The van der Waals surface area contributed by atoms with Crippen LogP contribution in [0.4, 0.5) is 0 Å². The summed E-state index contributed by atoms with van der Waals surface area (Å²) in [6.45, 7) is 8.44. The van der Waals surface area contributed by atoms with Crippen molar-refractivity contribution in [2.24, 2.45) is 16.3 Å². The average Bonchev–Trinajstić information content (AvgIpc) is 2.16. The molecular formula is C11H21N3O. The number of nitrogens with zero attached hydrogens (tertiary/aromatic N) is 1. The molecule has 0 atom stereocenters. The second-order valence-corrected chi connectivity index (χ2v) is 4.82. The van der Waals surface area contributed by atoms with E-state index >= 15 is 0 Å². The van der Waals surface area contributed by atoms with Crippen LogP contribution in [0.15, 0.2) is 5.16 Å². The minimum absolute atomic E-state index is 0.239. The van der Waals surface area contributed by atoms with Crippen LogP contribution >= 0.6 is 0 Å². The second kappa shape index (κ2) is 5.04. The molecule has 0 aliphatic heterocycles. The number of terminal acetylenes is 1. The molecule has 0 fully saturated rings. The van der Waals surface area contributed by atoms with E-state index in [9.17, 15) is 0 Å². The zero-order chi connectivity index (χ0) is 12.1. The molecule has 0 saturated heterocycles. The summed E-state index contributed by atoms with van der Waals surface area (Å²) in [5.74, 6) is 2.89. The molecule has 0 aromatic heterocycles. The first-order chi connectivity index (χ1) is 6.75. The molecule has 4 N–H and O–H groups in total. The van der Waals surface area contributed by atoms with E-state index in [0.717, 1.165) is 13.0 Å². The first kappa shape index (κ1) is 13.8. The molecule has 0 aromatic carbocycles. The van der Waals surface area contributed by atoms with Gasteiger partial charge in [0, 0.05) is 5.41 Å². The van der Waals surface area contributed by atoms with Gasteiger partial charge in [0.25, 0.3) is 0 Å². The molecule has 0 rings (SSSR count). The van der Waals surface area contributed by atoms with Gasteiger partial charge in [0.15, 0.2) is 0 Å². The molecule has 0 heterocycles. The topological polar surface area (TPSA) is 70.6 Å². The normalized spacial score (nSPS) is 13.7. The van der Waals surface area contributed by atoms with E-state index in [1.54, 1.807) is 0 Å². The summed E-state index contributed by atoms with van der Waals surface area (Å²) in [5.41, 5.74) is 4.92. The number of oxime groups is 1. The van der Waals surface area contributed by atoms with Crippen LogP contribution in [0.2, 0.25) is 0 Å². The van der Waals surface area contributed by atoms with Crippen LogP contribution in [0.5, 0.6) is 0 Å². The summed E-state index contributed by atoms with van der Waals surface area (Å²) >= 11 is 0. The van der Waals surface area contributed by atoms with E-state index in [2.05, 4.69) is 16.4 Å². The highest BCUT2D eigenvalue weighted by Crippen LogP contribution is 2.19. The summed E-state index contributed by atoms with van der Waals surface area (Å²) < 4.78 is 0. The van der Waals surface area contributed by atoms with Crippen LogP contribution in [-0.4, -0.2) is 23.1 Å². The average molecular weight is 211 g/mol. The fourth-order valence-electron chi connectivity index (χ4n) is 1.00. The molecule has 0 unspecified atom stereocenters. The zero-order valence-corrected chi connectivity index (χ0v) is 9.96. The molecule has 0 spiro atoms. The van der Waals surface area contributed by atoms with Crippen molar-refractivity contribution in [2.45, 2.75) is 39.7 Å². The van der Waals surface area contributed by atoms with Crippen molar-refractivity contribution in [3.05, 3.63) is 0 Å². The predicted octanol–water partition coefficient (Wildman–Crippen LogP) is 1.15. The second-order valence-electron chi connectivity index (χ2n) is 4.82. The molecule has 86 valence electrons. The van der Waals surface area contributed by atoms with Gasteiger partial charge in [-0.3, -0.25) is 0 Å². The number of nitrogens with one attached hydrogen (secondary N) is 1. The highest BCUT2D eigenvalue weighted by molar-refractivity contribution is 5.85. The molecule has 15 heavy (non-hydrogen) atoms. The first-order valence-electron chi connectivity index (χ1n) is 4.96. The number of rotatable bonds is 5. The lowest BCUT2D eigenvalue weighted by molar-refractivity contribution is 0.303. The first-order valence-corrected chi connectivity index (χ1v) is 4.96. The van der Waals surface area contributed by atoms with Gasteiger partial charge in [-0.15, -0.1) is 6.42 Å². The van der Waals surface area contributed by atoms with Gasteiger partial charge in [-0.2, -0.15) is 0 Å². The minimum atomic E-state index is -0.327. The Balaban J connectivity index is 4.14. The summed E-state index contributed by atoms with van der Waals surface area (Å²) in [7, 11) is 0. The van der Waals surface area contributed by atoms with E-state index < -0.39 is 0 Å². The maximum Gasteiger partial charge on any atom is 0.144 e. The highest BCUT2D eigenvalue weighted by atomic mass is 16.4. The Hall–Kier alpha value is -1.21. The van der Waals surface area contributed by atoms with Gasteiger partial charge >= 0.3 is 0 Å². The van der Waals surface area contributed by atoms with Crippen LogP contribution in [0, 0.1) is 17.8 Å². The Kier molecular flexibility index (Phi) is 4.63. The van der Waals surface area contributed by atoms with E-state index in [0.29, 0.717) is 0 Å². The largest absolute Gasteiger partial charge is 0.409 e. The van der Waals surface area contributed by atoms with Crippen molar-refractivity contribution in [3.63, 3.8) is 0 Å². The van der Waals surface area contributed by atoms with Crippen molar-refractivity contribution < 1.29 is 5.21 Å². The molecule has 0 amide bonds. The molecule has 0 aliphatic carbocycles. The molecule has 0 bridgehead atoms. The van der Waals surface area contributed by atoms with E-state index in [1.807, 2.05) is 27.7 Å². The van der Waals surface area contributed by atoms with Gasteiger partial charge in [0.1, 0.15) is 5.84 Å². The Morgan fingerprint density at radius 1 is 1.47 bits per heavy atom. The van der Waals surface area contributed by atoms with E-state index in [-0.39, 0.29) is 16.8 Å². The molecular weight excluding hydrogens is 190 g/mol. The minimum Gasteiger partial charge on any atom is -0.409 e. The number of hydrogen-bond acceptors (Lipinski definition) is 3. The molecule has 0 saturated carbocycles. The van der Waals surface area contributed by atoms with Crippen LogP contribution in [0.25, 0.3) is 0 Å². The van der Waals surface area contributed by atoms with Crippen molar-refractivity contribution >= 4 is 5.84 Å². The van der Waals surface area contributed by atoms with Gasteiger partial charge in [-0.25, -0.2) is 0 Å². The molecule has 4 heteroatoms. The summed E-state index contributed by atoms with van der Waals surface area (Å²) in [4.78, 5) is 0. The molecule has 0 aliphatic rings. The highest BCUT2D eigenvalue weighted by Gasteiger charge is 2.24. The van der Waals surface area contributed by atoms with Crippen LogP contribution in [0.1, 0.15) is 34.1 Å². The number of nitrogens with two attached hydrogens (primary N) is 1. The van der Waals surface area contributed by atoms with Crippen LogP contribution in [0.3, 0.4) is 0 Å². The van der Waals surface area contributed by atoms with Gasteiger partial charge in [0.05, 0.1) is 5.54 Å². The fraction of sp³-hybridized carbons (Fsp3) is 0.727. The summed E-state index contributed by atoms with van der Waals surface area (Å²) in [6.07, 6.45) is 6.10. The van der Waals surface area contributed by atoms with E-state index in [1.165, 1.54) is 0 Å². The lowest BCUT2D eigenvalue weighted by Crippen LogP contribution is -2.41. The lowest BCUT2D eigenvalue weighted by Gasteiger charge is -2.26.